The standard InChI is InChI=1S/C19H26N2O.ClH/c22-19(21-18-11-16-7-8-17(12-18)20-16)10-13-5-6-14-3-1-2-4-15(14)9-13;/h5-6,9,16-18,20H,1-4,7-8,10-12H2,(H,21,22);1H. The number of hydrogen-bond donors (Lipinski definition) is 2. The van der Waals surface area contributed by atoms with Gasteiger partial charge in [-0.2, -0.15) is 0 Å². The van der Waals surface area contributed by atoms with E-state index in [0.717, 1.165) is 12.8 Å². The maximum Gasteiger partial charge on any atom is 0.224 e. The molecule has 0 radical (unpaired) electrons. The molecular weight excluding hydrogens is 308 g/mol. The van der Waals surface area contributed by atoms with Gasteiger partial charge in [0.1, 0.15) is 0 Å². The third-order valence-corrected chi connectivity index (χ3v) is 5.62. The minimum atomic E-state index is 0. The summed E-state index contributed by atoms with van der Waals surface area (Å²) in [4.78, 5) is 12.4. The van der Waals surface area contributed by atoms with Gasteiger partial charge in [0.15, 0.2) is 0 Å². The van der Waals surface area contributed by atoms with Gasteiger partial charge < -0.3 is 10.6 Å². The van der Waals surface area contributed by atoms with E-state index >= 15 is 0 Å². The number of rotatable bonds is 3. The predicted molar refractivity (Wildman–Crippen MR) is 95.1 cm³/mol. The summed E-state index contributed by atoms with van der Waals surface area (Å²) in [5, 5.41) is 6.90. The van der Waals surface area contributed by atoms with Crippen molar-refractivity contribution in [2.75, 3.05) is 0 Å². The number of piperidine rings is 1. The fourth-order valence-electron chi connectivity index (χ4n) is 4.54. The second-order valence-corrected chi connectivity index (χ2v) is 7.36. The van der Waals surface area contributed by atoms with Crippen LogP contribution in [0.4, 0.5) is 0 Å². The maximum atomic E-state index is 12.4. The van der Waals surface area contributed by atoms with Crippen LogP contribution in [-0.2, 0) is 24.1 Å². The van der Waals surface area contributed by atoms with Gasteiger partial charge in [-0.3, -0.25) is 4.79 Å². The van der Waals surface area contributed by atoms with E-state index in [4.69, 9.17) is 0 Å². The highest BCUT2D eigenvalue weighted by molar-refractivity contribution is 5.85. The number of fused-ring (bicyclic) bond motifs is 3. The summed E-state index contributed by atoms with van der Waals surface area (Å²) in [6.45, 7) is 0. The summed E-state index contributed by atoms with van der Waals surface area (Å²) in [7, 11) is 0. The lowest BCUT2D eigenvalue weighted by Gasteiger charge is -2.29. The highest BCUT2D eigenvalue weighted by Gasteiger charge is 2.33. The van der Waals surface area contributed by atoms with Crippen LogP contribution in [0, 0.1) is 0 Å². The average Bonchev–Trinajstić information content (AvgIpc) is 2.86. The first-order chi connectivity index (χ1) is 10.8. The van der Waals surface area contributed by atoms with Crippen molar-refractivity contribution in [1.29, 1.82) is 0 Å². The zero-order valence-electron chi connectivity index (χ0n) is 13.6. The molecule has 3 nitrogen and oxygen atoms in total. The van der Waals surface area contributed by atoms with Crippen LogP contribution in [0.1, 0.15) is 55.2 Å². The van der Waals surface area contributed by atoms with Crippen LogP contribution < -0.4 is 10.6 Å². The first-order valence-electron chi connectivity index (χ1n) is 8.92. The number of amides is 1. The third kappa shape index (κ3) is 3.89. The molecule has 1 aromatic rings. The summed E-state index contributed by atoms with van der Waals surface area (Å²) in [5.74, 6) is 0.196. The molecule has 2 unspecified atom stereocenters. The van der Waals surface area contributed by atoms with E-state index in [0.29, 0.717) is 24.5 Å². The Labute approximate surface area is 145 Å². The van der Waals surface area contributed by atoms with Crippen LogP contribution in [-0.4, -0.2) is 24.0 Å². The van der Waals surface area contributed by atoms with E-state index in [1.165, 1.54) is 55.2 Å². The second-order valence-electron chi connectivity index (χ2n) is 7.36. The van der Waals surface area contributed by atoms with Crippen molar-refractivity contribution in [3.05, 3.63) is 34.9 Å². The summed E-state index contributed by atoms with van der Waals surface area (Å²) in [6.07, 6.45) is 10.3. The number of benzene rings is 1. The van der Waals surface area contributed by atoms with Gasteiger partial charge >= 0.3 is 0 Å². The Hall–Kier alpha value is -1.06. The van der Waals surface area contributed by atoms with Gasteiger partial charge in [-0.1, -0.05) is 18.2 Å². The monoisotopic (exact) mass is 334 g/mol. The lowest BCUT2D eigenvalue weighted by atomic mass is 9.90. The van der Waals surface area contributed by atoms with Crippen LogP contribution in [0.25, 0.3) is 0 Å². The summed E-state index contributed by atoms with van der Waals surface area (Å²) >= 11 is 0. The fourth-order valence-corrected chi connectivity index (χ4v) is 4.54. The van der Waals surface area contributed by atoms with E-state index in [-0.39, 0.29) is 18.3 Å². The topological polar surface area (TPSA) is 41.1 Å². The van der Waals surface area contributed by atoms with Gasteiger partial charge in [-0.05, 0) is 68.1 Å². The number of halogens is 1. The number of hydrogen-bond acceptors (Lipinski definition) is 2. The molecule has 0 aromatic heterocycles. The maximum absolute atomic E-state index is 12.4. The largest absolute Gasteiger partial charge is 0.353 e. The molecule has 2 saturated heterocycles. The normalized spacial score (nSPS) is 28.6. The molecule has 126 valence electrons. The first-order valence-corrected chi connectivity index (χ1v) is 8.92. The highest BCUT2D eigenvalue weighted by Crippen LogP contribution is 2.27. The quantitative estimate of drug-likeness (QED) is 0.892. The minimum Gasteiger partial charge on any atom is -0.353 e. The summed E-state index contributed by atoms with van der Waals surface area (Å²) in [6, 6.07) is 8.29. The zero-order valence-corrected chi connectivity index (χ0v) is 14.5. The zero-order chi connectivity index (χ0) is 14.9. The van der Waals surface area contributed by atoms with Crippen molar-refractivity contribution in [3.63, 3.8) is 0 Å². The molecule has 1 aliphatic carbocycles. The molecule has 3 aliphatic rings. The molecule has 2 heterocycles. The number of carbonyl (C=O) groups excluding carboxylic acids is 1. The number of nitrogens with one attached hydrogen (secondary N) is 2. The summed E-state index contributed by atoms with van der Waals surface area (Å²) < 4.78 is 0. The second kappa shape index (κ2) is 7.23. The van der Waals surface area contributed by atoms with Crippen LogP contribution >= 0.6 is 12.4 Å². The first kappa shape index (κ1) is 16.8. The van der Waals surface area contributed by atoms with Gasteiger partial charge in [-0.25, -0.2) is 0 Å². The molecule has 0 spiro atoms. The highest BCUT2D eigenvalue weighted by atomic mass is 35.5. The van der Waals surface area contributed by atoms with E-state index < -0.39 is 0 Å². The van der Waals surface area contributed by atoms with Crippen LogP contribution in [0.5, 0.6) is 0 Å². The molecule has 2 bridgehead atoms. The van der Waals surface area contributed by atoms with Gasteiger partial charge in [0.05, 0.1) is 6.42 Å². The SMILES string of the molecule is Cl.O=C(Cc1ccc2c(c1)CCCC2)NC1CC2CCC(C1)N2. The minimum absolute atomic E-state index is 0. The summed E-state index contributed by atoms with van der Waals surface area (Å²) in [5.41, 5.74) is 4.14. The van der Waals surface area contributed by atoms with E-state index in [2.05, 4.69) is 28.8 Å². The Balaban J connectivity index is 0.00000156. The predicted octanol–water partition coefficient (Wildman–Crippen LogP) is 2.93. The molecule has 2 atom stereocenters. The lowest BCUT2D eigenvalue weighted by molar-refractivity contribution is -0.121. The van der Waals surface area contributed by atoms with E-state index in [1.807, 2.05) is 0 Å². The lowest BCUT2D eigenvalue weighted by Crippen LogP contribution is -2.48. The molecule has 1 aromatic carbocycles. The van der Waals surface area contributed by atoms with Crippen molar-refractivity contribution < 1.29 is 4.79 Å². The van der Waals surface area contributed by atoms with Gasteiger partial charge in [0.2, 0.25) is 5.91 Å². The van der Waals surface area contributed by atoms with Crippen molar-refractivity contribution in [2.24, 2.45) is 0 Å². The molecule has 4 rings (SSSR count). The van der Waals surface area contributed by atoms with Crippen molar-refractivity contribution in [2.45, 2.75) is 75.9 Å². The molecule has 4 heteroatoms. The number of aryl methyl sites for hydroxylation is 2. The Morgan fingerprint density at radius 2 is 1.78 bits per heavy atom. The molecule has 2 fully saturated rings. The van der Waals surface area contributed by atoms with Crippen LogP contribution in [0.3, 0.4) is 0 Å². The van der Waals surface area contributed by atoms with Gasteiger partial charge in [0.25, 0.3) is 0 Å². The van der Waals surface area contributed by atoms with Gasteiger partial charge in [-0.15, -0.1) is 12.4 Å². The Kier molecular flexibility index (Phi) is 5.27. The van der Waals surface area contributed by atoms with Crippen molar-refractivity contribution in [1.82, 2.24) is 10.6 Å². The van der Waals surface area contributed by atoms with E-state index in [1.54, 1.807) is 0 Å². The molecule has 0 saturated carbocycles. The average molecular weight is 335 g/mol. The Morgan fingerprint density at radius 3 is 2.52 bits per heavy atom. The molecule has 2 aliphatic heterocycles. The van der Waals surface area contributed by atoms with Crippen molar-refractivity contribution in [3.8, 4) is 0 Å². The molecule has 2 N–H and O–H groups in total. The third-order valence-electron chi connectivity index (χ3n) is 5.62. The molecule has 1 amide bonds. The Bertz CT molecular complexity index is 562. The number of carbonyl (C=O) groups is 1. The fraction of sp³-hybridized carbons (Fsp3) is 0.632. The Morgan fingerprint density at radius 1 is 1.09 bits per heavy atom. The smallest absolute Gasteiger partial charge is 0.224 e. The molecule has 23 heavy (non-hydrogen) atoms. The molecular formula is C19H27ClN2O. The van der Waals surface area contributed by atoms with E-state index in [9.17, 15) is 4.79 Å². The van der Waals surface area contributed by atoms with Crippen LogP contribution in [0.2, 0.25) is 0 Å². The van der Waals surface area contributed by atoms with Crippen molar-refractivity contribution >= 4 is 18.3 Å². The van der Waals surface area contributed by atoms with Gasteiger partial charge in [0, 0.05) is 18.1 Å². The van der Waals surface area contributed by atoms with Crippen LogP contribution in [0.15, 0.2) is 18.2 Å².